The van der Waals surface area contributed by atoms with Crippen LogP contribution in [0.1, 0.15) is 44.7 Å². The Morgan fingerprint density at radius 3 is 2.41 bits per heavy atom. The standard InChI is InChI=1S/C23H29NO5/c1-23(2)15-20(19-14-18(27-4)11-12-21(19)29-23)24-22(25)6-5-13-28-17-9-7-16(26-3)8-10-17/h7-12,14,20H,5-6,13,15H2,1-4H3,(H,24,25)/t20-/m1/s1. The lowest BCUT2D eigenvalue weighted by Gasteiger charge is -2.38. The Morgan fingerprint density at radius 1 is 1.07 bits per heavy atom. The lowest BCUT2D eigenvalue weighted by molar-refractivity contribution is -0.122. The summed E-state index contributed by atoms with van der Waals surface area (Å²) in [4.78, 5) is 12.5. The lowest BCUT2D eigenvalue weighted by Crippen LogP contribution is -2.41. The lowest BCUT2D eigenvalue weighted by atomic mass is 9.89. The zero-order valence-electron chi connectivity index (χ0n) is 17.5. The second-order valence-corrected chi connectivity index (χ2v) is 7.72. The fourth-order valence-corrected chi connectivity index (χ4v) is 3.45. The van der Waals surface area contributed by atoms with Gasteiger partial charge in [-0.3, -0.25) is 4.79 Å². The van der Waals surface area contributed by atoms with Gasteiger partial charge in [0.05, 0.1) is 26.9 Å². The molecule has 1 amide bonds. The van der Waals surface area contributed by atoms with E-state index in [1.54, 1.807) is 14.2 Å². The van der Waals surface area contributed by atoms with E-state index in [4.69, 9.17) is 18.9 Å². The second-order valence-electron chi connectivity index (χ2n) is 7.72. The highest BCUT2D eigenvalue weighted by Crippen LogP contribution is 2.41. The Balaban J connectivity index is 1.53. The van der Waals surface area contributed by atoms with E-state index in [1.165, 1.54) is 0 Å². The maximum absolute atomic E-state index is 12.5. The average Bonchev–Trinajstić information content (AvgIpc) is 2.70. The maximum atomic E-state index is 12.5. The number of fused-ring (bicyclic) bond motifs is 1. The predicted octanol–water partition coefficient (Wildman–Crippen LogP) is 4.28. The van der Waals surface area contributed by atoms with Crippen molar-refractivity contribution in [1.82, 2.24) is 5.32 Å². The zero-order valence-corrected chi connectivity index (χ0v) is 17.5. The van der Waals surface area contributed by atoms with E-state index in [2.05, 4.69) is 5.32 Å². The highest BCUT2D eigenvalue weighted by atomic mass is 16.5. The van der Waals surface area contributed by atoms with Crippen molar-refractivity contribution in [3.63, 3.8) is 0 Å². The first-order valence-corrected chi connectivity index (χ1v) is 9.83. The monoisotopic (exact) mass is 399 g/mol. The third kappa shape index (κ3) is 5.56. The summed E-state index contributed by atoms with van der Waals surface area (Å²) in [6, 6.07) is 13.0. The summed E-state index contributed by atoms with van der Waals surface area (Å²) >= 11 is 0. The normalized spacial score (nSPS) is 16.9. The molecule has 0 spiro atoms. The molecule has 1 aliphatic rings. The Kier molecular flexibility index (Phi) is 6.52. The number of hydrogen-bond acceptors (Lipinski definition) is 5. The summed E-state index contributed by atoms with van der Waals surface area (Å²) in [5.74, 6) is 3.08. The molecule has 6 heteroatoms. The van der Waals surface area contributed by atoms with E-state index < -0.39 is 0 Å². The molecule has 1 aliphatic heterocycles. The minimum atomic E-state index is -0.350. The van der Waals surface area contributed by atoms with Crippen molar-refractivity contribution in [3.8, 4) is 23.0 Å². The van der Waals surface area contributed by atoms with Gasteiger partial charge in [0.15, 0.2) is 0 Å². The molecule has 0 bridgehead atoms. The highest BCUT2D eigenvalue weighted by Gasteiger charge is 2.34. The van der Waals surface area contributed by atoms with Crippen molar-refractivity contribution in [2.75, 3.05) is 20.8 Å². The van der Waals surface area contributed by atoms with Crippen molar-refractivity contribution in [3.05, 3.63) is 48.0 Å². The number of carbonyl (C=O) groups excluding carboxylic acids is 1. The molecular weight excluding hydrogens is 370 g/mol. The Bertz CT molecular complexity index is 832. The minimum Gasteiger partial charge on any atom is -0.497 e. The Morgan fingerprint density at radius 2 is 1.72 bits per heavy atom. The summed E-state index contributed by atoms with van der Waals surface area (Å²) in [7, 11) is 3.26. The molecule has 0 unspecified atom stereocenters. The summed E-state index contributed by atoms with van der Waals surface area (Å²) in [6.45, 7) is 4.54. The summed E-state index contributed by atoms with van der Waals surface area (Å²) in [5.41, 5.74) is 0.600. The number of rotatable bonds is 8. The highest BCUT2D eigenvalue weighted by molar-refractivity contribution is 5.76. The van der Waals surface area contributed by atoms with Crippen molar-refractivity contribution in [2.24, 2.45) is 0 Å². The van der Waals surface area contributed by atoms with Gasteiger partial charge in [-0.15, -0.1) is 0 Å². The number of ether oxygens (including phenoxy) is 4. The number of hydrogen-bond donors (Lipinski definition) is 1. The molecule has 29 heavy (non-hydrogen) atoms. The van der Waals surface area contributed by atoms with Crippen molar-refractivity contribution in [2.45, 2.75) is 44.8 Å². The van der Waals surface area contributed by atoms with Gasteiger partial charge in [0, 0.05) is 18.4 Å². The first kappa shape index (κ1) is 20.8. The van der Waals surface area contributed by atoms with E-state index in [-0.39, 0.29) is 17.6 Å². The van der Waals surface area contributed by atoms with E-state index in [9.17, 15) is 4.79 Å². The minimum absolute atomic E-state index is 0.000184. The molecule has 0 saturated heterocycles. The second kappa shape index (κ2) is 9.07. The van der Waals surface area contributed by atoms with Gasteiger partial charge in [0.1, 0.15) is 28.6 Å². The number of carbonyl (C=O) groups is 1. The fourth-order valence-electron chi connectivity index (χ4n) is 3.45. The fraction of sp³-hybridized carbons (Fsp3) is 0.435. The largest absolute Gasteiger partial charge is 0.497 e. The number of amides is 1. The van der Waals surface area contributed by atoms with Gasteiger partial charge in [0.25, 0.3) is 0 Å². The van der Waals surface area contributed by atoms with Crippen LogP contribution in [-0.2, 0) is 4.79 Å². The molecule has 1 N–H and O–H groups in total. The third-order valence-electron chi connectivity index (χ3n) is 4.89. The number of methoxy groups -OCH3 is 2. The van der Waals surface area contributed by atoms with Gasteiger partial charge in [-0.2, -0.15) is 0 Å². The first-order chi connectivity index (χ1) is 13.9. The first-order valence-electron chi connectivity index (χ1n) is 9.83. The molecule has 0 fully saturated rings. The average molecular weight is 399 g/mol. The van der Waals surface area contributed by atoms with E-state index in [1.807, 2.05) is 56.3 Å². The SMILES string of the molecule is COc1ccc(OCCCC(=O)N[C@@H]2CC(C)(C)Oc3ccc(OC)cc32)cc1. The van der Waals surface area contributed by atoms with Gasteiger partial charge < -0.3 is 24.3 Å². The van der Waals surface area contributed by atoms with Crippen LogP contribution in [0.5, 0.6) is 23.0 Å². The van der Waals surface area contributed by atoms with Crippen LogP contribution in [-0.4, -0.2) is 32.3 Å². The zero-order chi connectivity index (χ0) is 20.9. The molecule has 0 aromatic heterocycles. The van der Waals surface area contributed by atoms with E-state index in [0.717, 1.165) is 28.6 Å². The van der Waals surface area contributed by atoms with Gasteiger partial charge in [-0.1, -0.05) is 0 Å². The number of benzene rings is 2. The van der Waals surface area contributed by atoms with Crippen molar-refractivity contribution in [1.29, 1.82) is 0 Å². The van der Waals surface area contributed by atoms with Crippen LogP contribution in [0.25, 0.3) is 0 Å². The van der Waals surface area contributed by atoms with Crippen LogP contribution in [0, 0.1) is 0 Å². The molecule has 0 saturated carbocycles. The Labute approximate surface area is 172 Å². The summed E-state index contributed by atoms with van der Waals surface area (Å²) < 4.78 is 22.2. The molecule has 0 radical (unpaired) electrons. The molecule has 6 nitrogen and oxygen atoms in total. The Hall–Kier alpha value is -2.89. The van der Waals surface area contributed by atoms with Crippen LogP contribution in [0.15, 0.2) is 42.5 Å². The molecule has 1 heterocycles. The smallest absolute Gasteiger partial charge is 0.220 e. The topological polar surface area (TPSA) is 66.0 Å². The third-order valence-corrected chi connectivity index (χ3v) is 4.89. The van der Waals surface area contributed by atoms with E-state index in [0.29, 0.717) is 25.9 Å². The molecule has 1 atom stereocenters. The van der Waals surface area contributed by atoms with E-state index >= 15 is 0 Å². The van der Waals surface area contributed by atoms with Crippen molar-refractivity contribution < 1.29 is 23.7 Å². The van der Waals surface area contributed by atoms with Gasteiger partial charge in [0.2, 0.25) is 5.91 Å². The predicted molar refractivity (Wildman–Crippen MR) is 111 cm³/mol. The quantitative estimate of drug-likeness (QED) is 0.671. The summed E-state index contributed by atoms with van der Waals surface area (Å²) in [6.07, 6.45) is 1.73. The van der Waals surface area contributed by atoms with Gasteiger partial charge in [-0.25, -0.2) is 0 Å². The van der Waals surface area contributed by atoms with Crippen LogP contribution in [0.3, 0.4) is 0 Å². The van der Waals surface area contributed by atoms with Gasteiger partial charge in [-0.05, 0) is 62.7 Å². The van der Waals surface area contributed by atoms with Crippen LogP contribution in [0.4, 0.5) is 0 Å². The molecule has 156 valence electrons. The molecule has 2 aromatic rings. The summed E-state index contributed by atoms with van der Waals surface area (Å²) in [5, 5.41) is 3.15. The molecule has 2 aromatic carbocycles. The van der Waals surface area contributed by atoms with Gasteiger partial charge >= 0.3 is 0 Å². The molecule has 0 aliphatic carbocycles. The maximum Gasteiger partial charge on any atom is 0.220 e. The molecular formula is C23H29NO5. The molecule has 3 rings (SSSR count). The number of nitrogens with one attached hydrogen (secondary N) is 1. The van der Waals surface area contributed by atoms with Crippen LogP contribution < -0.4 is 24.3 Å². The van der Waals surface area contributed by atoms with Crippen LogP contribution >= 0.6 is 0 Å². The van der Waals surface area contributed by atoms with Crippen molar-refractivity contribution >= 4 is 5.91 Å². The van der Waals surface area contributed by atoms with Crippen LogP contribution in [0.2, 0.25) is 0 Å².